The van der Waals surface area contributed by atoms with Crippen LogP contribution in [0.1, 0.15) is 64.5 Å². The summed E-state index contributed by atoms with van der Waals surface area (Å²) in [5.74, 6) is 1.56. The van der Waals surface area contributed by atoms with Crippen LogP contribution in [0.25, 0.3) is 11.4 Å². The molecule has 1 heterocycles. The Balaban J connectivity index is 1.84. The van der Waals surface area contributed by atoms with Gasteiger partial charge >= 0.3 is 0 Å². The minimum Gasteiger partial charge on any atom is -0.299 e. The van der Waals surface area contributed by atoms with Gasteiger partial charge in [-0.2, -0.15) is 0 Å². The molecular weight excluding hydrogens is 392 g/mol. The molecule has 6 nitrogen and oxygen atoms in total. The topological polar surface area (TPSA) is 90.9 Å². The molecule has 1 saturated carbocycles. The lowest BCUT2D eigenvalue weighted by molar-refractivity contribution is 0.485. The number of nitrogens with two attached hydrogens (primary N) is 1. The van der Waals surface area contributed by atoms with Crippen LogP contribution in [0.4, 0.5) is 0 Å². The quantitative estimate of drug-likeness (QED) is 0.535. The average Bonchev–Trinajstić information content (AvgIpc) is 3.26. The maximum atomic E-state index is 11.1. The van der Waals surface area contributed by atoms with Gasteiger partial charge in [0.25, 0.3) is 0 Å². The first-order chi connectivity index (χ1) is 13.1. The second kappa shape index (κ2) is 8.55. The summed E-state index contributed by atoms with van der Waals surface area (Å²) in [5, 5.41) is 14.9. The molecular formula is C20H30N4O2S2. The molecule has 1 aromatic heterocycles. The average molecular weight is 423 g/mol. The van der Waals surface area contributed by atoms with E-state index >= 15 is 0 Å². The second-order valence-corrected chi connectivity index (χ2v) is 11.3. The molecule has 0 amide bonds. The predicted octanol–water partition coefficient (Wildman–Crippen LogP) is 4.13. The predicted molar refractivity (Wildman–Crippen MR) is 115 cm³/mol. The number of nitrogens with zero attached hydrogens (tertiary/aromatic N) is 3. The Hall–Kier alpha value is -1.38. The van der Waals surface area contributed by atoms with Crippen LogP contribution in [0.15, 0.2) is 29.4 Å². The summed E-state index contributed by atoms with van der Waals surface area (Å²) >= 11 is 1.57. The zero-order valence-corrected chi connectivity index (χ0v) is 18.5. The van der Waals surface area contributed by atoms with Gasteiger partial charge in [0.15, 0.2) is 11.0 Å². The molecule has 0 atom stereocenters. The van der Waals surface area contributed by atoms with Crippen molar-refractivity contribution in [2.24, 2.45) is 5.14 Å². The van der Waals surface area contributed by atoms with Crippen LogP contribution in [-0.4, -0.2) is 34.7 Å². The van der Waals surface area contributed by atoms with Gasteiger partial charge < -0.3 is 0 Å². The highest BCUT2D eigenvalue weighted by atomic mass is 32.2. The molecule has 0 saturated heterocycles. The van der Waals surface area contributed by atoms with Crippen molar-refractivity contribution >= 4 is 21.8 Å². The summed E-state index contributed by atoms with van der Waals surface area (Å²) < 4.78 is 24.5. The summed E-state index contributed by atoms with van der Waals surface area (Å²) in [4.78, 5) is 0. The van der Waals surface area contributed by atoms with Gasteiger partial charge in [0, 0.05) is 17.4 Å². The third-order valence-electron chi connectivity index (χ3n) is 5.17. The monoisotopic (exact) mass is 422 g/mol. The SMILES string of the molecule is CC(C)(C)c1ccc(-c2nnc(SCCCS(N)(=O)=O)n2C2CCCC2)cc1. The van der Waals surface area contributed by atoms with Gasteiger partial charge in [-0.25, -0.2) is 13.6 Å². The van der Waals surface area contributed by atoms with Crippen molar-refractivity contribution in [2.45, 2.75) is 69.5 Å². The minimum atomic E-state index is -3.41. The summed E-state index contributed by atoms with van der Waals surface area (Å²) in [7, 11) is -3.41. The molecule has 0 spiro atoms. The Morgan fingerprint density at radius 2 is 1.79 bits per heavy atom. The third kappa shape index (κ3) is 5.36. The molecule has 2 aromatic rings. The van der Waals surface area contributed by atoms with Gasteiger partial charge in [0.2, 0.25) is 10.0 Å². The van der Waals surface area contributed by atoms with E-state index in [-0.39, 0.29) is 11.2 Å². The number of primary sulfonamides is 1. The smallest absolute Gasteiger partial charge is 0.209 e. The molecule has 3 rings (SSSR count). The Morgan fingerprint density at radius 3 is 2.36 bits per heavy atom. The molecule has 0 bridgehead atoms. The van der Waals surface area contributed by atoms with Gasteiger partial charge in [-0.15, -0.1) is 10.2 Å². The lowest BCUT2D eigenvalue weighted by Crippen LogP contribution is -2.16. The molecule has 0 radical (unpaired) electrons. The summed E-state index contributed by atoms with van der Waals surface area (Å²) in [6.07, 6.45) is 5.23. The molecule has 1 aromatic carbocycles. The summed E-state index contributed by atoms with van der Waals surface area (Å²) in [6.45, 7) is 6.62. The molecule has 0 aliphatic heterocycles. The van der Waals surface area contributed by atoms with E-state index in [1.54, 1.807) is 11.8 Å². The number of rotatable bonds is 7. The summed E-state index contributed by atoms with van der Waals surface area (Å²) in [5.41, 5.74) is 2.48. The molecule has 154 valence electrons. The van der Waals surface area contributed by atoms with Crippen LogP contribution in [0.5, 0.6) is 0 Å². The number of sulfonamides is 1. The molecule has 1 fully saturated rings. The van der Waals surface area contributed by atoms with E-state index in [1.165, 1.54) is 18.4 Å². The Bertz CT molecular complexity index is 893. The van der Waals surface area contributed by atoms with E-state index in [0.29, 0.717) is 18.2 Å². The standard InChI is InChI=1S/C20H30N4O2S2/c1-20(2,3)16-11-9-15(10-12-16)18-22-23-19(24(18)17-7-4-5-8-17)27-13-6-14-28(21,25)26/h9-12,17H,4-8,13-14H2,1-3H3,(H2,21,25,26). The zero-order valence-electron chi connectivity index (χ0n) is 16.9. The van der Waals surface area contributed by atoms with Crippen molar-refractivity contribution in [3.63, 3.8) is 0 Å². The fourth-order valence-corrected chi connectivity index (χ4v) is 5.28. The minimum absolute atomic E-state index is 0.00130. The Morgan fingerprint density at radius 1 is 1.14 bits per heavy atom. The first-order valence-electron chi connectivity index (χ1n) is 9.84. The van der Waals surface area contributed by atoms with Crippen molar-refractivity contribution in [3.8, 4) is 11.4 Å². The molecule has 1 aliphatic carbocycles. The molecule has 0 unspecified atom stereocenters. The molecule has 2 N–H and O–H groups in total. The molecule has 8 heteroatoms. The maximum absolute atomic E-state index is 11.1. The van der Waals surface area contributed by atoms with Crippen molar-refractivity contribution < 1.29 is 8.42 Å². The van der Waals surface area contributed by atoms with Crippen molar-refractivity contribution in [1.82, 2.24) is 14.8 Å². The van der Waals surface area contributed by atoms with Gasteiger partial charge in [0.05, 0.1) is 5.75 Å². The van der Waals surface area contributed by atoms with Crippen molar-refractivity contribution in [3.05, 3.63) is 29.8 Å². The second-order valence-electron chi connectivity index (χ2n) is 8.51. The largest absolute Gasteiger partial charge is 0.299 e. The summed E-state index contributed by atoms with van der Waals surface area (Å²) in [6, 6.07) is 9.01. The number of aromatic nitrogens is 3. The van der Waals surface area contributed by atoms with E-state index in [0.717, 1.165) is 29.4 Å². The molecule has 28 heavy (non-hydrogen) atoms. The normalized spacial score (nSPS) is 16.0. The lowest BCUT2D eigenvalue weighted by Gasteiger charge is -2.20. The van der Waals surface area contributed by atoms with Gasteiger partial charge in [-0.05, 0) is 30.2 Å². The van der Waals surface area contributed by atoms with E-state index in [2.05, 4.69) is 59.8 Å². The highest BCUT2D eigenvalue weighted by Crippen LogP contribution is 2.37. The van der Waals surface area contributed by atoms with Gasteiger partial charge in [-0.1, -0.05) is 69.6 Å². The fourth-order valence-electron chi connectivity index (χ4n) is 3.61. The van der Waals surface area contributed by atoms with Crippen molar-refractivity contribution in [1.29, 1.82) is 0 Å². The van der Waals surface area contributed by atoms with Crippen LogP contribution >= 0.6 is 11.8 Å². The number of thioether (sulfide) groups is 1. The van der Waals surface area contributed by atoms with Crippen LogP contribution in [0.3, 0.4) is 0 Å². The van der Waals surface area contributed by atoms with Crippen LogP contribution in [0, 0.1) is 0 Å². The fraction of sp³-hybridized carbons (Fsp3) is 0.600. The first kappa shape index (κ1) is 21.3. The number of hydrogen-bond acceptors (Lipinski definition) is 5. The number of benzene rings is 1. The van der Waals surface area contributed by atoms with E-state index < -0.39 is 10.0 Å². The highest BCUT2D eigenvalue weighted by molar-refractivity contribution is 7.99. The Kier molecular flexibility index (Phi) is 6.51. The van der Waals surface area contributed by atoms with Gasteiger partial charge in [-0.3, -0.25) is 4.57 Å². The first-order valence-corrected chi connectivity index (χ1v) is 12.5. The number of hydrogen-bond donors (Lipinski definition) is 1. The molecule has 1 aliphatic rings. The lowest BCUT2D eigenvalue weighted by atomic mass is 9.86. The van der Waals surface area contributed by atoms with Crippen LogP contribution in [-0.2, 0) is 15.4 Å². The van der Waals surface area contributed by atoms with E-state index in [1.807, 2.05) is 0 Å². The van der Waals surface area contributed by atoms with Crippen LogP contribution in [0.2, 0.25) is 0 Å². The maximum Gasteiger partial charge on any atom is 0.209 e. The van der Waals surface area contributed by atoms with Gasteiger partial charge in [0.1, 0.15) is 0 Å². The van der Waals surface area contributed by atoms with Crippen molar-refractivity contribution in [2.75, 3.05) is 11.5 Å². The van der Waals surface area contributed by atoms with E-state index in [9.17, 15) is 8.42 Å². The van der Waals surface area contributed by atoms with Crippen LogP contribution < -0.4 is 5.14 Å². The zero-order chi connectivity index (χ0) is 20.4. The Labute approximate surface area is 172 Å². The third-order valence-corrected chi connectivity index (χ3v) is 7.05. The highest BCUT2D eigenvalue weighted by Gasteiger charge is 2.25. The van der Waals surface area contributed by atoms with E-state index in [4.69, 9.17) is 5.14 Å².